The van der Waals surface area contributed by atoms with Crippen LogP contribution in [-0.4, -0.2) is 19.7 Å². The van der Waals surface area contributed by atoms with Crippen LogP contribution in [0.3, 0.4) is 0 Å². The first-order chi connectivity index (χ1) is 12.3. The third kappa shape index (κ3) is 6.55. The van der Waals surface area contributed by atoms with Crippen molar-refractivity contribution in [2.45, 2.75) is 54.4 Å². The predicted octanol–water partition coefficient (Wildman–Crippen LogP) is 5.87. The zero-order valence-corrected chi connectivity index (χ0v) is 17.2. The molecular formula is C23H32O3. The number of benzene rings is 1. The number of allylic oxidation sites excluding steroid dienone is 4. The average Bonchev–Trinajstić information content (AvgIpc) is 2.58. The van der Waals surface area contributed by atoms with Crippen LogP contribution in [0.25, 0.3) is 6.08 Å². The van der Waals surface area contributed by atoms with Crippen LogP contribution in [0.4, 0.5) is 0 Å². The Kier molecular flexibility index (Phi) is 8.91. The Bertz CT molecular complexity index is 721. The molecule has 0 aliphatic carbocycles. The van der Waals surface area contributed by atoms with Crippen molar-refractivity contribution in [1.29, 1.82) is 0 Å². The van der Waals surface area contributed by atoms with Crippen LogP contribution >= 0.6 is 0 Å². The fraction of sp³-hybridized carbons (Fsp3) is 0.435. The number of ether oxygens (including phenoxy) is 2. The van der Waals surface area contributed by atoms with Gasteiger partial charge in [-0.15, -0.1) is 0 Å². The standard InChI is InChI=1S/C23H32O3/c1-8-26-23(24)14-17(3)11-9-10-16(2)12-13-21-18(4)15-22(25-7)20(6)19(21)5/h10,12-15H,8-9,11H2,1-7H3. The zero-order chi connectivity index (χ0) is 19.7. The minimum Gasteiger partial charge on any atom is -0.496 e. The summed E-state index contributed by atoms with van der Waals surface area (Å²) in [4.78, 5) is 11.4. The van der Waals surface area contributed by atoms with Gasteiger partial charge in [-0.25, -0.2) is 4.79 Å². The summed E-state index contributed by atoms with van der Waals surface area (Å²) in [7, 11) is 1.71. The maximum atomic E-state index is 11.4. The Balaban J connectivity index is 2.76. The molecular weight excluding hydrogens is 324 g/mol. The van der Waals surface area contributed by atoms with Crippen LogP contribution in [0.2, 0.25) is 0 Å². The highest BCUT2D eigenvalue weighted by molar-refractivity contribution is 5.82. The lowest BCUT2D eigenvalue weighted by Gasteiger charge is -2.13. The fourth-order valence-corrected chi connectivity index (χ4v) is 2.80. The molecule has 0 bridgehead atoms. The lowest BCUT2D eigenvalue weighted by atomic mass is 9.96. The Hall–Kier alpha value is -2.29. The van der Waals surface area contributed by atoms with E-state index in [-0.39, 0.29) is 5.97 Å². The molecule has 3 nitrogen and oxygen atoms in total. The topological polar surface area (TPSA) is 35.5 Å². The van der Waals surface area contributed by atoms with E-state index in [0.29, 0.717) is 6.61 Å². The van der Waals surface area contributed by atoms with Gasteiger partial charge in [0.15, 0.2) is 0 Å². The molecule has 0 N–H and O–H groups in total. The molecule has 0 saturated heterocycles. The molecule has 3 heteroatoms. The molecule has 1 aromatic rings. The van der Waals surface area contributed by atoms with Gasteiger partial charge in [-0.1, -0.05) is 29.4 Å². The van der Waals surface area contributed by atoms with Crippen LogP contribution in [0.5, 0.6) is 5.75 Å². The summed E-state index contributed by atoms with van der Waals surface area (Å²) in [6.07, 6.45) is 9.84. The van der Waals surface area contributed by atoms with Crippen molar-refractivity contribution in [1.82, 2.24) is 0 Å². The third-order valence-electron chi connectivity index (χ3n) is 4.50. The van der Waals surface area contributed by atoms with Gasteiger partial charge in [0.2, 0.25) is 0 Å². The summed E-state index contributed by atoms with van der Waals surface area (Å²) in [5.41, 5.74) is 7.13. The summed E-state index contributed by atoms with van der Waals surface area (Å²) in [6, 6.07) is 2.09. The maximum absolute atomic E-state index is 11.4. The van der Waals surface area contributed by atoms with E-state index >= 15 is 0 Å². The van der Waals surface area contributed by atoms with Gasteiger partial charge in [0.05, 0.1) is 13.7 Å². The predicted molar refractivity (Wildman–Crippen MR) is 110 cm³/mol. The van der Waals surface area contributed by atoms with Gasteiger partial charge in [0.1, 0.15) is 5.75 Å². The molecule has 26 heavy (non-hydrogen) atoms. The Morgan fingerprint density at radius 2 is 1.85 bits per heavy atom. The number of hydrogen-bond acceptors (Lipinski definition) is 3. The van der Waals surface area contributed by atoms with Crippen LogP contribution in [0, 0.1) is 20.8 Å². The van der Waals surface area contributed by atoms with Crippen molar-refractivity contribution in [2.24, 2.45) is 0 Å². The number of carbonyl (C=O) groups excluding carboxylic acids is 1. The van der Waals surface area contributed by atoms with Crippen molar-refractivity contribution in [3.05, 3.63) is 57.7 Å². The van der Waals surface area contributed by atoms with E-state index in [9.17, 15) is 4.79 Å². The number of hydrogen-bond donors (Lipinski definition) is 0. The van der Waals surface area contributed by atoms with E-state index in [2.05, 4.69) is 52.0 Å². The summed E-state index contributed by atoms with van der Waals surface area (Å²) < 4.78 is 10.4. The molecule has 0 amide bonds. The average molecular weight is 357 g/mol. The third-order valence-corrected chi connectivity index (χ3v) is 4.50. The second-order valence-electron chi connectivity index (χ2n) is 6.62. The normalized spacial score (nSPS) is 12.6. The maximum Gasteiger partial charge on any atom is 0.330 e. The number of carbonyl (C=O) groups is 1. The largest absolute Gasteiger partial charge is 0.496 e. The first-order valence-corrected chi connectivity index (χ1v) is 9.13. The summed E-state index contributed by atoms with van der Waals surface area (Å²) in [6.45, 7) is 12.6. The Labute approximate surface area is 158 Å². The highest BCUT2D eigenvalue weighted by atomic mass is 16.5. The number of methoxy groups -OCH3 is 1. The van der Waals surface area contributed by atoms with Crippen LogP contribution < -0.4 is 4.74 Å². The van der Waals surface area contributed by atoms with Gasteiger partial charge < -0.3 is 9.47 Å². The Morgan fingerprint density at radius 1 is 1.15 bits per heavy atom. The van der Waals surface area contributed by atoms with Crippen molar-refractivity contribution in [3.8, 4) is 5.75 Å². The van der Waals surface area contributed by atoms with Gasteiger partial charge in [0.25, 0.3) is 0 Å². The van der Waals surface area contributed by atoms with E-state index < -0.39 is 0 Å². The molecule has 0 unspecified atom stereocenters. The van der Waals surface area contributed by atoms with Crippen LogP contribution in [0.1, 0.15) is 55.9 Å². The summed E-state index contributed by atoms with van der Waals surface area (Å²) >= 11 is 0. The van der Waals surface area contributed by atoms with E-state index in [1.165, 1.54) is 27.8 Å². The Morgan fingerprint density at radius 3 is 2.46 bits per heavy atom. The molecule has 0 aromatic heterocycles. The smallest absolute Gasteiger partial charge is 0.330 e. The lowest BCUT2D eigenvalue weighted by Crippen LogP contribution is -2.00. The molecule has 142 valence electrons. The van der Waals surface area contributed by atoms with Gasteiger partial charge in [0, 0.05) is 6.08 Å². The number of esters is 1. The molecule has 0 aliphatic rings. The fourth-order valence-electron chi connectivity index (χ4n) is 2.80. The molecule has 0 saturated carbocycles. The van der Waals surface area contributed by atoms with Crippen molar-refractivity contribution in [2.75, 3.05) is 13.7 Å². The van der Waals surface area contributed by atoms with E-state index in [1.807, 2.05) is 13.8 Å². The van der Waals surface area contributed by atoms with Crippen molar-refractivity contribution < 1.29 is 14.3 Å². The molecule has 0 spiro atoms. The van der Waals surface area contributed by atoms with Crippen LogP contribution in [-0.2, 0) is 9.53 Å². The van der Waals surface area contributed by atoms with E-state index in [4.69, 9.17) is 9.47 Å². The SMILES string of the molecule is CCOC(=O)C=C(C)CCC=C(C)C=Cc1c(C)cc(OC)c(C)c1C. The summed E-state index contributed by atoms with van der Waals surface area (Å²) in [5.74, 6) is 0.680. The zero-order valence-electron chi connectivity index (χ0n) is 17.2. The molecule has 0 atom stereocenters. The van der Waals surface area contributed by atoms with Crippen molar-refractivity contribution >= 4 is 12.0 Å². The molecule has 1 rings (SSSR count). The van der Waals surface area contributed by atoms with Gasteiger partial charge in [-0.05, 0) is 82.7 Å². The van der Waals surface area contributed by atoms with Gasteiger partial charge in [-0.3, -0.25) is 0 Å². The first-order valence-electron chi connectivity index (χ1n) is 9.13. The highest BCUT2D eigenvalue weighted by Gasteiger charge is 2.08. The second kappa shape index (κ2) is 10.6. The molecule has 0 fully saturated rings. The highest BCUT2D eigenvalue weighted by Crippen LogP contribution is 2.28. The molecule has 0 radical (unpaired) electrons. The molecule has 0 heterocycles. The minimum atomic E-state index is -0.258. The number of aryl methyl sites for hydroxylation is 1. The van der Waals surface area contributed by atoms with E-state index in [0.717, 1.165) is 24.2 Å². The first kappa shape index (κ1) is 21.8. The summed E-state index contributed by atoms with van der Waals surface area (Å²) in [5, 5.41) is 0. The van der Waals surface area contributed by atoms with Gasteiger partial charge >= 0.3 is 5.97 Å². The quantitative estimate of drug-likeness (QED) is 0.332. The van der Waals surface area contributed by atoms with Gasteiger partial charge in [-0.2, -0.15) is 0 Å². The minimum absolute atomic E-state index is 0.258. The van der Waals surface area contributed by atoms with Crippen molar-refractivity contribution in [3.63, 3.8) is 0 Å². The van der Waals surface area contributed by atoms with Crippen LogP contribution in [0.15, 0.2) is 35.4 Å². The number of rotatable bonds is 8. The lowest BCUT2D eigenvalue weighted by molar-refractivity contribution is -0.137. The second-order valence-corrected chi connectivity index (χ2v) is 6.62. The molecule has 1 aromatic carbocycles. The molecule has 0 aliphatic heterocycles. The van der Waals surface area contributed by atoms with E-state index in [1.54, 1.807) is 13.2 Å². The monoisotopic (exact) mass is 356 g/mol.